The maximum atomic E-state index is 13.4. The molecule has 1 aliphatic rings. The Balaban J connectivity index is 1.38. The van der Waals surface area contributed by atoms with Crippen molar-refractivity contribution in [2.45, 2.75) is 25.3 Å². The average Bonchev–Trinajstić information content (AvgIpc) is 2.95. The van der Waals surface area contributed by atoms with E-state index in [4.69, 9.17) is 0 Å². The van der Waals surface area contributed by atoms with Gasteiger partial charge in [-0.1, -0.05) is 72.8 Å². The second kappa shape index (κ2) is 10.9. The maximum absolute atomic E-state index is 13.4. The van der Waals surface area contributed by atoms with Crippen LogP contribution < -0.4 is 5.32 Å². The van der Waals surface area contributed by atoms with E-state index in [1.165, 1.54) is 40.4 Å². The number of hydrogen-bond donors (Lipinski definition) is 2. The van der Waals surface area contributed by atoms with E-state index in [1.54, 1.807) is 4.90 Å². The lowest BCUT2D eigenvalue weighted by Gasteiger charge is -2.39. The van der Waals surface area contributed by atoms with Crippen LogP contribution >= 0.6 is 0 Å². The Labute approximate surface area is 217 Å². The standard InChI is InChI=1S/C31H31N3O3/c1-21(25-13-7-11-23-10-5-6-12-27(23)25)33-18-24-20-34(17-15-26(24)22-8-3-2-4-9-22)30(35)29-19-32-16-14-28(29)31(36)37/h2-14,16,19,21,24,26,33H,15,17-18,20H2,1H3,(H,36,37)/t21-,24?,26?/m1/s1. The number of likely N-dealkylation sites (tertiary alicyclic amines) is 1. The number of carboxylic acid groups (broad SMARTS) is 1. The van der Waals surface area contributed by atoms with Crippen molar-refractivity contribution in [1.29, 1.82) is 0 Å². The first-order valence-electron chi connectivity index (χ1n) is 12.8. The molecule has 0 spiro atoms. The zero-order valence-corrected chi connectivity index (χ0v) is 20.9. The second-order valence-electron chi connectivity index (χ2n) is 9.74. The Kier molecular flexibility index (Phi) is 7.28. The minimum Gasteiger partial charge on any atom is -0.478 e. The predicted octanol–water partition coefficient (Wildman–Crippen LogP) is 5.53. The minimum atomic E-state index is -1.12. The number of pyridine rings is 1. The minimum absolute atomic E-state index is 0.00978. The highest BCUT2D eigenvalue weighted by atomic mass is 16.4. The molecule has 4 aromatic rings. The maximum Gasteiger partial charge on any atom is 0.336 e. The second-order valence-corrected chi connectivity index (χ2v) is 9.74. The third-order valence-electron chi connectivity index (χ3n) is 7.51. The Morgan fingerprint density at radius 2 is 1.76 bits per heavy atom. The molecule has 1 saturated heterocycles. The van der Waals surface area contributed by atoms with E-state index in [1.807, 2.05) is 6.07 Å². The molecule has 188 valence electrons. The van der Waals surface area contributed by atoms with Crippen molar-refractivity contribution >= 4 is 22.6 Å². The van der Waals surface area contributed by atoms with E-state index in [0.29, 0.717) is 19.0 Å². The highest BCUT2D eigenvalue weighted by molar-refractivity contribution is 6.04. The smallest absolute Gasteiger partial charge is 0.336 e. The van der Waals surface area contributed by atoms with Crippen LogP contribution in [0.1, 0.15) is 57.1 Å². The van der Waals surface area contributed by atoms with Gasteiger partial charge in [-0.05, 0) is 53.1 Å². The van der Waals surface area contributed by atoms with Gasteiger partial charge in [0.05, 0.1) is 11.1 Å². The van der Waals surface area contributed by atoms with Crippen molar-refractivity contribution in [1.82, 2.24) is 15.2 Å². The van der Waals surface area contributed by atoms with E-state index in [2.05, 4.69) is 84.0 Å². The van der Waals surface area contributed by atoms with Gasteiger partial charge in [-0.2, -0.15) is 0 Å². The number of piperidine rings is 1. The van der Waals surface area contributed by atoms with Crippen LogP contribution in [0.15, 0.2) is 91.3 Å². The fourth-order valence-electron chi connectivity index (χ4n) is 5.55. The van der Waals surface area contributed by atoms with Crippen molar-refractivity contribution in [3.05, 3.63) is 114 Å². The van der Waals surface area contributed by atoms with Gasteiger partial charge in [0.2, 0.25) is 0 Å². The van der Waals surface area contributed by atoms with Gasteiger partial charge in [-0.15, -0.1) is 0 Å². The molecular weight excluding hydrogens is 462 g/mol. The normalized spacial score (nSPS) is 18.5. The van der Waals surface area contributed by atoms with E-state index >= 15 is 0 Å². The monoisotopic (exact) mass is 493 g/mol. The largest absolute Gasteiger partial charge is 0.478 e. The van der Waals surface area contributed by atoms with Gasteiger partial charge < -0.3 is 15.3 Å². The van der Waals surface area contributed by atoms with Gasteiger partial charge >= 0.3 is 5.97 Å². The summed E-state index contributed by atoms with van der Waals surface area (Å²) >= 11 is 0. The van der Waals surface area contributed by atoms with Crippen LogP contribution in [0.4, 0.5) is 0 Å². The number of hydrogen-bond acceptors (Lipinski definition) is 4. The van der Waals surface area contributed by atoms with Crippen molar-refractivity contribution in [2.24, 2.45) is 5.92 Å². The molecule has 1 amide bonds. The number of nitrogens with one attached hydrogen (secondary N) is 1. The molecule has 1 aromatic heterocycles. The molecule has 3 aromatic carbocycles. The predicted molar refractivity (Wildman–Crippen MR) is 145 cm³/mol. The summed E-state index contributed by atoms with van der Waals surface area (Å²) in [5.41, 5.74) is 2.65. The number of benzene rings is 3. The van der Waals surface area contributed by atoms with E-state index in [9.17, 15) is 14.7 Å². The highest BCUT2D eigenvalue weighted by Crippen LogP contribution is 2.34. The van der Waals surface area contributed by atoms with E-state index < -0.39 is 5.97 Å². The SMILES string of the molecule is C[C@@H](NCC1CN(C(=O)c2cnccc2C(=O)O)CCC1c1ccccc1)c1cccc2ccccc12. The van der Waals surface area contributed by atoms with Crippen molar-refractivity contribution < 1.29 is 14.7 Å². The third kappa shape index (κ3) is 5.25. The van der Waals surface area contributed by atoms with Crippen molar-refractivity contribution in [3.8, 4) is 0 Å². The summed E-state index contributed by atoms with van der Waals surface area (Å²) in [6, 6.07) is 26.8. The van der Waals surface area contributed by atoms with Gasteiger partial charge in [0.25, 0.3) is 5.91 Å². The number of carbonyl (C=O) groups excluding carboxylic acids is 1. The Morgan fingerprint density at radius 1 is 1.00 bits per heavy atom. The average molecular weight is 494 g/mol. The van der Waals surface area contributed by atoms with Gasteiger partial charge in [-0.3, -0.25) is 9.78 Å². The zero-order valence-electron chi connectivity index (χ0n) is 20.9. The molecule has 3 atom stereocenters. The highest BCUT2D eigenvalue weighted by Gasteiger charge is 2.34. The number of carboxylic acids is 1. The summed E-state index contributed by atoms with van der Waals surface area (Å²) in [5, 5.41) is 15.8. The number of fused-ring (bicyclic) bond motifs is 1. The lowest BCUT2D eigenvalue weighted by Crippen LogP contribution is -2.46. The first-order valence-corrected chi connectivity index (χ1v) is 12.8. The molecule has 2 heterocycles. The van der Waals surface area contributed by atoms with Gasteiger partial charge in [0, 0.05) is 38.1 Å². The number of aromatic nitrogens is 1. The Morgan fingerprint density at radius 3 is 2.57 bits per heavy atom. The molecule has 37 heavy (non-hydrogen) atoms. The molecular formula is C31H31N3O3. The molecule has 6 heteroatoms. The lowest BCUT2D eigenvalue weighted by atomic mass is 9.80. The van der Waals surface area contributed by atoms with E-state index in [0.717, 1.165) is 13.0 Å². The number of nitrogens with zero attached hydrogens (tertiary/aromatic N) is 2. The summed E-state index contributed by atoms with van der Waals surface area (Å²) < 4.78 is 0. The van der Waals surface area contributed by atoms with Crippen LogP contribution in [-0.2, 0) is 0 Å². The summed E-state index contributed by atoms with van der Waals surface area (Å²) in [7, 11) is 0. The van der Waals surface area contributed by atoms with E-state index in [-0.39, 0.29) is 29.0 Å². The number of rotatable bonds is 7. The van der Waals surface area contributed by atoms with Crippen molar-refractivity contribution in [2.75, 3.05) is 19.6 Å². The molecule has 0 saturated carbocycles. The molecule has 1 fully saturated rings. The van der Waals surface area contributed by atoms with Crippen LogP contribution in [0.5, 0.6) is 0 Å². The summed E-state index contributed by atoms with van der Waals surface area (Å²) in [6.07, 6.45) is 3.58. The van der Waals surface area contributed by atoms with Crippen LogP contribution in [0, 0.1) is 5.92 Å². The molecule has 2 N–H and O–H groups in total. The molecule has 0 radical (unpaired) electrons. The molecule has 2 unspecified atom stereocenters. The molecule has 0 aliphatic carbocycles. The number of amides is 1. The van der Waals surface area contributed by atoms with Gasteiger partial charge in [-0.25, -0.2) is 4.79 Å². The number of aromatic carboxylic acids is 1. The quantitative estimate of drug-likeness (QED) is 0.354. The van der Waals surface area contributed by atoms with Crippen LogP contribution in [0.3, 0.4) is 0 Å². The summed E-state index contributed by atoms with van der Waals surface area (Å²) in [6.45, 7) is 4.02. The molecule has 0 bridgehead atoms. The lowest BCUT2D eigenvalue weighted by molar-refractivity contribution is 0.0622. The van der Waals surface area contributed by atoms with Crippen LogP contribution in [0.25, 0.3) is 10.8 Å². The zero-order chi connectivity index (χ0) is 25.8. The number of carbonyl (C=O) groups is 2. The first-order chi connectivity index (χ1) is 18.0. The Hall–Kier alpha value is -4.03. The fourth-order valence-corrected chi connectivity index (χ4v) is 5.55. The first kappa shape index (κ1) is 24.7. The van der Waals surface area contributed by atoms with Gasteiger partial charge in [0.1, 0.15) is 0 Å². The summed E-state index contributed by atoms with van der Waals surface area (Å²) in [4.78, 5) is 30.9. The van der Waals surface area contributed by atoms with Crippen molar-refractivity contribution in [3.63, 3.8) is 0 Å². The topological polar surface area (TPSA) is 82.5 Å². The molecule has 1 aliphatic heterocycles. The molecule has 5 rings (SSSR count). The van der Waals surface area contributed by atoms with Crippen LogP contribution in [-0.4, -0.2) is 46.5 Å². The molecule has 6 nitrogen and oxygen atoms in total. The Bertz CT molecular complexity index is 1400. The van der Waals surface area contributed by atoms with Crippen LogP contribution in [0.2, 0.25) is 0 Å². The fraction of sp³-hybridized carbons (Fsp3) is 0.258. The van der Waals surface area contributed by atoms with Gasteiger partial charge in [0.15, 0.2) is 0 Å². The summed E-state index contributed by atoms with van der Waals surface area (Å²) in [5.74, 6) is -0.927. The third-order valence-corrected chi connectivity index (χ3v) is 7.51.